The lowest BCUT2D eigenvalue weighted by Crippen LogP contribution is -2.33. The fourth-order valence-corrected chi connectivity index (χ4v) is 7.43. The van der Waals surface area contributed by atoms with Crippen LogP contribution in [0.15, 0.2) is 78.9 Å². The zero-order valence-electron chi connectivity index (χ0n) is 24.0. The number of allylic oxidation sites excluding steroid dienone is 1. The number of hydroxylamine groups is 2. The summed E-state index contributed by atoms with van der Waals surface area (Å²) in [6.07, 6.45) is 12.8. The van der Waals surface area contributed by atoms with Crippen LogP contribution in [0, 0.1) is 0 Å². The van der Waals surface area contributed by atoms with Gasteiger partial charge in [-0.3, -0.25) is 4.79 Å². The van der Waals surface area contributed by atoms with E-state index in [0.29, 0.717) is 6.61 Å². The van der Waals surface area contributed by atoms with Crippen molar-refractivity contribution in [3.8, 4) is 21.6 Å². The predicted molar refractivity (Wildman–Crippen MR) is 172 cm³/mol. The molecule has 1 unspecified atom stereocenters. The molecular weight excluding hydrogens is 538 g/mol. The molecule has 1 aromatic heterocycles. The summed E-state index contributed by atoms with van der Waals surface area (Å²) in [6.45, 7) is 0.684. The third-order valence-electron chi connectivity index (χ3n) is 8.65. The third-order valence-corrected chi connectivity index (χ3v) is 9.86. The standard InChI is InChI=1S/C37H35NO3S/c1-38(41-37-8-4-5-23-40-37)36(39)22-11-25-9-12-27(13-10-25)34-20-21-35(42-34)29-16-17-31-28(24-29)15-19-32-30-7-3-2-6-26(30)14-18-33(31)32/h2-3,6-7,9-13,15,19-22,24,37H,4-5,8,14,16-18,23H2,1H3. The quantitative estimate of drug-likeness (QED) is 0.171. The van der Waals surface area contributed by atoms with Crippen LogP contribution in [-0.2, 0) is 33.6 Å². The molecule has 1 amide bonds. The maximum Gasteiger partial charge on any atom is 0.269 e. The van der Waals surface area contributed by atoms with Gasteiger partial charge in [-0.25, -0.2) is 9.90 Å². The molecule has 42 heavy (non-hydrogen) atoms. The van der Waals surface area contributed by atoms with Crippen molar-refractivity contribution in [2.45, 2.75) is 51.2 Å². The monoisotopic (exact) mass is 573 g/mol. The van der Waals surface area contributed by atoms with Crippen molar-refractivity contribution in [1.82, 2.24) is 5.06 Å². The molecule has 1 atom stereocenters. The van der Waals surface area contributed by atoms with E-state index in [1.165, 1.54) is 48.2 Å². The molecule has 3 aromatic carbocycles. The number of carbonyl (C=O) groups excluding carboxylic acids is 1. The van der Waals surface area contributed by atoms with Gasteiger partial charge in [0.1, 0.15) is 0 Å². The highest BCUT2D eigenvalue weighted by Gasteiger charge is 2.23. The van der Waals surface area contributed by atoms with E-state index in [1.807, 2.05) is 17.4 Å². The number of nitrogens with zero attached hydrogens (tertiary/aromatic N) is 1. The normalized spacial score (nSPS) is 17.7. The van der Waals surface area contributed by atoms with Gasteiger partial charge in [-0.05, 0) is 107 Å². The molecule has 4 aromatic rings. The molecule has 2 heterocycles. The SMILES string of the molecule is CN(OC1CCCCO1)C(=O)C=Cc1ccc(-c2ccc(C3=Cc4ccc5c(c4CC3)CCc3ccccc3-5)s2)cc1. The first kappa shape index (κ1) is 27.1. The Morgan fingerprint density at radius 1 is 0.881 bits per heavy atom. The van der Waals surface area contributed by atoms with Crippen molar-refractivity contribution in [3.63, 3.8) is 0 Å². The van der Waals surface area contributed by atoms with Crippen molar-refractivity contribution >= 4 is 35.0 Å². The van der Waals surface area contributed by atoms with Crippen molar-refractivity contribution in [2.24, 2.45) is 0 Å². The van der Waals surface area contributed by atoms with E-state index in [4.69, 9.17) is 9.57 Å². The van der Waals surface area contributed by atoms with Gasteiger partial charge in [-0.15, -0.1) is 11.3 Å². The molecule has 3 aliphatic rings. The Kier molecular flexibility index (Phi) is 7.64. The van der Waals surface area contributed by atoms with Crippen LogP contribution >= 0.6 is 11.3 Å². The van der Waals surface area contributed by atoms with Crippen LogP contribution in [0.3, 0.4) is 0 Å². The molecule has 0 saturated carbocycles. The second kappa shape index (κ2) is 11.8. The topological polar surface area (TPSA) is 38.8 Å². The fourth-order valence-electron chi connectivity index (χ4n) is 6.37. The largest absolute Gasteiger partial charge is 0.350 e. The smallest absolute Gasteiger partial charge is 0.269 e. The minimum Gasteiger partial charge on any atom is -0.350 e. The van der Waals surface area contributed by atoms with Crippen LogP contribution in [0.4, 0.5) is 0 Å². The zero-order valence-corrected chi connectivity index (χ0v) is 24.8. The Labute approximate surface area is 251 Å². The highest BCUT2D eigenvalue weighted by Crippen LogP contribution is 2.42. The number of likely N-dealkylation sites (N-methyl/N-ethyl adjacent to an activating group) is 1. The summed E-state index contributed by atoms with van der Waals surface area (Å²) >= 11 is 1.86. The summed E-state index contributed by atoms with van der Waals surface area (Å²) in [5, 5.41) is 1.26. The van der Waals surface area contributed by atoms with Crippen molar-refractivity contribution < 1.29 is 14.4 Å². The highest BCUT2D eigenvalue weighted by molar-refractivity contribution is 7.16. The van der Waals surface area contributed by atoms with Crippen molar-refractivity contribution in [1.29, 1.82) is 0 Å². The molecule has 2 aliphatic carbocycles. The number of thiophene rings is 1. The molecule has 5 heteroatoms. The molecule has 0 N–H and O–H groups in total. The minimum atomic E-state index is -0.335. The lowest BCUT2D eigenvalue weighted by Gasteiger charge is -2.26. The lowest BCUT2D eigenvalue weighted by molar-refractivity contribution is -0.269. The summed E-state index contributed by atoms with van der Waals surface area (Å²) in [5.41, 5.74) is 12.4. The van der Waals surface area contributed by atoms with E-state index in [0.717, 1.165) is 50.5 Å². The number of aryl methyl sites for hydroxylation is 1. The molecule has 1 saturated heterocycles. The van der Waals surface area contributed by atoms with Crippen molar-refractivity contribution in [3.05, 3.63) is 112 Å². The lowest BCUT2D eigenvalue weighted by atomic mass is 9.78. The molecule has 0 radical (unpaired) electrons. The number of amides is 1. The first-order valence-electron chi connectivity index (χ1n) is 15.0. The predicted octanol–water partition coefficient (Wildman–Crippen LogP) is 8.60. The van der Waals surface area contributed by atoms with Gasteiger partial charge in [0.25, 0.3) is 5.91 Å². The van der Waals surface area contributed by atoms with E-state index in [-0.39, 0.29) is 12.2 Å². The Bertz CT molecular complexity index is 1670. The summed E-state index contributed by atoms with van der Waals surface area (Å²) in [6, 6.07) is 26.4. The number of hydrogen-bond donors (Lipinski definition) is 0. The minimum absolute atomic E-state index is 0.205. The van der Waals surface area contributed by atoms with E-state index in [9.17, 15) is 4.79 Å². The maximum atomic E-state index is 12.5. The molecule has 1 aliphatic heterocycles. The summed E-state index contributed by atoms with van der Waals surface area (Å²) < 4.78 is 5.56. The van der Waals surface area contributed by atoms with Crippen LogP contribution in [-0.4, -0.2) is 30.9 Å². The average molecular weight is 574 g/mol. The van der Waals surface area contributed by atoms with Gasteiger partial charge in [0.15, 0.2) is 6.29 Å². The average Bonchev–Trinajstić information content (AvgIpc) is 3.54. The Hall–Kier alpha value is -3.77. The molecule has 0 spiro atoms. The first-order chi connectivity index (χ1) is 20.6. The second-order valence-electron chi connectivity index (χ2n) is 11.3. The second-order valence-corrected chi connectivity index (χ2v) is 12.4. The number of hydrogen-bond acceptors (Lipinski definition) is 4. The summed E-state index contributed by atoms with van der Waals surface area (Å²) in [7, 11) is 1.63. The van der Waals surface area contributed by atoms with Gasteiger partial charge in [0.2, 0.25) is 0 Å². The van der Waals surface area contributed by atoms with Crippen molar-refractivity contribution in [2.75, 3.05) is 13.7 Å². The van der Waals surface area contributed by atoms with Crippen LogP contribution in [0.25, 0.3) is 39.3 Å². The highest BCUT2D eigenvalue weighted by atomic mass is 32.1. The number of fused-ring (bicyclic) bond motifs is 5. The summed E-state index contributed by atoms with van der Waals surface area (Å²) in [5.74, 6) is -0.205. The van der Waals surface area contributed by atoms with Crippen LogP contribution < -0.4 is 0 Å². The van der Waals surface area contributed by atoms with Gasteiger partial charge in [0, 0.05) is 35.9 Å². The molecule has 1 fully saturated rings. The molecule has 4 nitrogen and oxygen atoms in total. The van der Waals surface area contributed by atoms with Crippen LogP contribution in [0.2, 0.25) is 0 Å². The maximum absolute atomic E-state index is 12.5. The number of carbonyl (C=O) groups is 1. The van der Waals surface area contributed by atoms with E-state index < -0.39 is 0 Å². The Balaban J connectivity index is 1.03. The van der Waals surface area contributed by atoms with Crippen LogP contribution in [0.1, 0.15) is 58.4 Å². The molecule has 212 valence electrons. The number of rotatable bonds is 6. The van der Waals surface area contributed by atoms with Gasteiger partial charge in [-0.2, -0.15) is 0 Å². The molecule has 7 rings (SSSR count). The molecule has 0 bridgehead atoms. The van der Waals surface area contributed by atoms with E-state index >= 15 is 0 Å². The van der Waals surface area contributed by atoms with Gasteiger partial charge in [-0.1, -0.05) is 66.7 Å². The third kappa shape index (κ3) is 5.52. The van der Waals surface area contributed by atoms with Gasteiger partial charge < -0.3 is 4.74 Å². The Morgan fingerprint density at radius 2 is 1.71 bits per heavy atom. The summed E-state index contributed by atoms with van der Waals surface area (Å²) in [4.78, 5) is 20.7. The van der Waals surface area contributed by atoms with E-state index in [2.05, 4.69) is 78.9 Å². The molecular formula is C37H35NO3S. The number of ether oxygens (including phenoxy) is 1. The number of benzene rings is 3. The van der Waals surface area contributed by atoms with Gasteiger partial charge >= 0.3 is 0 Å². The first-order valence-corrected chi connectivity index (χ1v) is 15.8. The van der Waals surface area contributed by atoms with E-state index in [1.54, 1.807) is 24.3 Å². The fraction of sp³-hybridized carbons (Fsp3) is 0.270. The van der Waals surface area contributed by atoms with Gasteiger partial charge in [0.05, 0.1) is 0 Å². The Morgan fingerprint density at radius 3 is 2.57 bits per heavy atom. The zero-order chi connectivity index (χ0) is 28.5. The van der Waals surface area contributed by atoms with Crippen LogP contribution in [0.5, 0.6) is 0 Å².